The number of methoxy groups -OCH3 is 1. The van der Waals surface area contributed by atoms with E-state index in [0.717, 1.165) is 13.0 Å². The Kier molecular flexibility index (Phi) is 5.43. The summed E-state index contributed by atoms with van der Waals surface area (Å²) in [6, 6.07) is 1.45. The fourth-order valence-electron chi connectivity index (χ4n) is 2.19. The molecule has 1 N–H and O–H groups in total. The summed E-state index contributed by atoms with van der Waals surface area (Å²) in [5, 5.41) is 3.37. The van der Waals surface area contributed by atoms with E-state index in [1.807, 2.05) is 6.92 Å². The summed E-state index contributed by atoms with van der Waals surface area (Å²) >= 11 is 6.10. The summed E-state index contributed by atoms with van der Waals surface area (Å²) in [7, 11) is -1.97. The highest BCUT2D eigenvalue weighted by molar-refractivity contribution is 7.89. The van der Waals surface area contributed by atoms with Crippen LogP contribution in [0.2, 0.25) is 5.02 Å². The average molecular weight is 334 g/mol. The molecule has 8 heteroatoms. The molecule has 1 saturated heterocycles. The molecule has 1 atom stereocenters. The molecule has 0 aliphatic carbocycles. The van der Waals surface area contributed by atoms with E-state index in [9.17, 15) is 8.42 Å². The van der Waals surface area contributed by atoms with Gasteiger partial charge in [-0.05, 0) is 18.9 Å². The van der Waals surface area contributed by atoms with Gasteiger partial charge >= 0.3 is 0 Å². The highest BCUT2D eigenvalue weighted by Crippen LogP contribution is 2.26. The van der Waals surface area contributed by atoms with Crippen LogP contribution >= 0.6 is 11.6 Å². The van der Waals surface area contributed by atoms with Crippen LogP contribution in [-0.2, 0) is 14.8 Å². The third kappa shape index (κ3) is 3.66. The lowest BCUT2D eigenvalue weighted by Crippen LogP contribution is -2.30. The van der Waals surface area contributed by atoms with E-state index in [0.29, 0.717) is 30.4 Å². The number of hydrogen-bond donors (Lipinski definition) is 1. The molecule has 1 aromatic rings. The van der Waals surface area contributed by atoms with Gasteiger partial charge in [0, 0.05) is 32.9 Å². The summed E-state index contributed by atoms with van der Waals surface area (Å²) < 4.78 is 31.7. The van der Waals surface area contributed by atoms with Crippen LogP contribution in [0.25, 0.3) is 0 Å². The monoisotopic (exact) mass is 333 g/mol. The number of anilines is 1. The van der Waals surface area contributed by atoms with Gasteiger partial charge in [0.15, 0.2) is 0 Å². The molecule has 0 amide bonds. The Labute approximate surface area is 130 Å². The van der Waals surface area contributed by atoms with Crippen LogP contribution in [0.3, 0.4) is 0 Å². The van der Waals surface area contributed by atoms with Crippen LogP contribution in [0.4, 0.5) is 5.82 Å². The maximum atomic E-state index is 12.5. The van der Waals surface area contributed by atoms with Gasteiger partial charge in [-0.3, -0.25) is 0 Å². The molecule has 0 aromatic carbocycles. The molecule has 1 aromatic heterocycles. The van der Waals surface area contributed by atoms with Crippen molar-refractivity contribution in [2.75, 3.05) is 32.1 Å². The number of hydrogen-bond acceptors (Lipinski definition) is 5. The molecule has 0 bridgehead atoms. The smallest absolute Gasteiger partial charge is 0.244 e. The Balaban J connectivity index is 2.19. The molecule has 0 saturated carbocycles. The first-order chi connectivity index (χ1) is 9.98. The van der Waals surface area contributed by atoms with Crippen molar-refractivity contribution < 1.29 is 13.2 Å². The summed E-state index contributed by atoms with van der Waals surface area (Å²) in [6.07, 6.45) is 2.94. The van der Waals surface area contributed by atoms with E-state index in [1.165, 1.54) is 16.6 Å². The summed E-state index contributed by atoms with van der Waals surface area (Å²) in [5.74, 6) is 0.508. The molecule has 0 radical (unpaired) electrons. The normalized spacial score (nSPS) is 19.9. The molecule has 1 aliphatic heterocycles. The predicted molar refractivity (Wildman–Crippen MR) is 82.2 cm³/mol. The minimum absolute atomic E-state index is 0.0475. The van der Waals surface area contributed by atoms with Crippen molar-refractivity contribution >= 4 is 27.4 Å². The van der Waals surface area contributed by atoms with Crippen LogP contribution in [0.15, 0.2) is 17.2 Å². The highest BCUT2D eigenvalue weighted by atomic mass is 35.5. The van der Waals surface area contributed by atoms with Crippen molar-refractivity contribution in [2.45, 2.75) is 30.8 Å². The summed E-state index contributed by atoms with van der Waals surface area (Å²) in [5.41, 5.74) is 0. The zero-order chi connectivity index (χ0) is 15.5. The molecule has 2 rings (SSSR count). The Bertz CT molecular complexity index is 594. The van der Waals surface area contributed by atoms with Gasteiger partial charge in [0.25, 0.3) is 0 Å². The largest absolute Gasteiger partial charge is 0.380 e. The van der Waals surface area contributed by atoms with Gasteiger partial charge in [-0.15, -0.1) is 0 Å². The van der Waals surface area contributed by atoms with Crippen LogP contribution in [0, 0.1) is 0 Å². The van der Waals surface area contributed by atoms with Crippen LogP contribution in [0.5, 0.6) is 0 Å². The van der Waals surface area contributed by atoms with Crippen molar-refractivity contribution in [3.05, 3.63) is 17.3 Å². The fourth-order valence-corrected chi connectivity index (χ4v) is 3.95. The fraction of sp³-hybridized carbons (Fsp3) is 0.615. The predicted octanol–water partition coefficient (Wildman–Crippen LogP) is 1.97. The van der Waals surface area contributed by atoms with E-state index >= 15 is 0 Å². The second-order valence-electron chi connectivity index (χ2n) is 4.94. The zero-order valence-electron chi connectivity index (χ0n) is 12.2. The molecule has 1 aliphatic rings. The van der Waals surface area contributed by atoms with Crippen molar-refractivity contribution in [3.8, 4) is 0 Å². The van der Waals surface area contributed by atoms with Crippen molar-refractivity contribution in [3.63, 3.8) is 0 Å². The van der Waals surface area contributed by atoms with Crippen molar-refractivity contribution in [1.82, 2.24) is 9.29 Å². The molecule has 2 heterocycles. The first-order valence-corrected chi connectivity index (χ1v) is 8.73. The molecule has 1 unspecified atom stereocenters. The lowest BCUT2D eigenvalue weighted by molar-refractivity contribution is 0.115. The molecule has 118 valence electrons. The number of ether oxygens (including phenoxy) is 1. The lowest BCUT2D eigenvalue weighted by atomic mass is 10.3. The second kappa shape index (κ2) is 6.91. The van der Waals surface area contributed by atoms with Crippen LogP contribution < -0.4 is 5.32 Å². The molecule has 1 fully saturated rings. The van der Waals surface area contributed by atoms with Gasteiger partial charge < -0.3 is 10.1 Å². The lowest BCUT2D eigenvalue weighted by Gasteiger charge is -2.16. The third-order valence-corrected chi connectivity index (χ3v) is 5.56. The molecule has 21 heavy (non-hydrogen) atoms. The molecular formula is C13H20ClN3O3S. The molecular weight excluding hydrogens is 314 g/mol. The number of rotatable bonds is 6. The first-order valence-electron chi connectivity index (χ1n) is 6.91. The van der Waals surface area contributed by atoms with E-state index in [1.54, 1.807) is 7.11 Å². The minimum Gasteiger partial charge on any atom is -0.380 e. The Morgan fingerprint density at radius 3 is 2.90 bits per heavy atom. The first kappa shape index (κ1) is 16.5. The topological polar surface area (TPSA) is 71.5 Å². The minimum atomic E-state index is -3.56. The van der Waals surface area contributed by atoms with Gasteiger partial charge in [-0.1, -0.05) is 18.5 Å². The second-order valence-corrected chi connectivity index (χ2v) is 7.28. The van der Waals surface area contributed by atoms with Gasteiger partial charge in [-0.2, -0.15) is 4.31 Å². The number of halogens is 1. The summed E-state index contributed by atoms with van der Waals surface area (Å²) in [4.78, 5) is 4.23. The number of nitrogens with zero attached hydrogens (tertiary/aromatic N) is 2. The molecule has 0 spiro atoms. The maximum Gasteiger partial charge on any atom is 0.244 e. The average Bonchev–Trinajstić information content (AvgIpc) is 2.95. The van der Waals surface area contributed by atoms with E-state index < -0.39 is 10.0 Å². The molecule has 6 nitrogen and oxygen atoms in total. The number of aromatic nitrogens is 1. The zero-order valence-corrected chi connectivity index (χ0v) is 13.7. The third-order valence-electron chi connectivity index (χ3n) is 3.44. The van der Waals surface area contributed by atoms with E-state index in [2.05, 4.69) is 10.3 Å². The Morgan fingerprint density at radius 1 is 1.57 bits per heavy atom. The number of pyridine rings is 1. The highest BCUT2D eigenvalue weighted by Gasteiger charge is 2.33. The van der Waals surface area contributed by atoms with Crippen molar-refractivity contribution in [2.24, 2.45) is 0 Å². The SMILES string of the molecule is CCCNc1ncc(S(=O)(=O)N2CCC(OC)C2)cc1Cl. The van der Waals surface area contributed by atoms with Gasteiger partial charge in [-0.25, -0.2) is 13.4 Å². The Hall–Kier alpha value is -0.890. The summed E-state index contributed by atoms with van der Waals surface area (Å²) in [6.45, 7) is 3.58. The van der Waals surface area contributed by atoms with E-state index in [-0.39, 0.29) is 11.0 Å². The Morgan fingerprint density at radius 2 is 2.33 bits per heavy atom. The standard InChI is InChI=1S/C13H20ClN3O3S/c1-3-5-15-13-12(14)7-11(8-16-13)21(18,19)17-6-4-10(9-17)20-2/h7-8,10H,3-6,9H2,1-2H3,(H,15,16). The van der Waals surface area contributed by atoms with Gasteiger partial charge in [0.05, 0.1) is 11.1 Å². The van der Waals surface area contributed by atoms with E-state index in [4.69, 9.17) is 16.3 Å². The maximum absolute atomic E-state index is 12.5. The number of nitrogens with one attached hydrogen (secondary N) is 1. The van der Waals surface area contributed by atoms with Crippen LogP contribution in [-0.4, -0.2) is 50.6 Å². The van der Waals surface area contributed by atoms with Gasteiger partial charge in [0.2, 0.25) is 10.0 Å². The number of sulfonamides is 1. The quantitative estimate of drug-likeness (QED) is 0.861. The van der Waals surface area contributed by atoms with Crippen molar-refractivity contribution in [1.29, 1.82) is 0 Å². The van der Waals surface area contributed by atoms with Gasteiger partial charge in [0.1, 0.15) is 10.7 Å². The van der Waals surface area contributed by atoms with Crippen LogP contribution in [0.1, 0.15) is 19.8 Å².